The van der Waals surface area contributed by atoms with Crippen molar-refractivity contribution in [3.63, 3.8) is 0 Å². The van der Waals surface area contributed by atoms with Gasteiger partial charge in [-0.25, -0.2) is 4.39 Å². The Morgan fingerprint density at radius 3 is 2.64 bits per heavy atom. The highest BCUT2D eigenvalue weighted by Crippen LogP contribution is 2.16. The van der Waals surface area contributed by atoms with Crippen molar-refractivity contribution < 1.29 is 4.39 Å². The van der Waals surface area contributed by atoms with E-state index < -0.39 is 0 Å². The molecule has 0 aromatic rings. The molecule has 1 aliphatic rings. The quantitative estimate of drug-likeness (QED) is 0.729. The summed E-state index contributed by atoms with van der Waals surface area (Å²) in [6.07, 6.45) is 1.26. The van der Waals surface area contributed by atoms with Crippen LogP contribution in [0.15, 0.2) is 0 Å². The number of alkyl halides is 1. The summed E-state index contributed by atoms with van der Waals surface area (Å²) < 4.78 is 12.3. The van der Waals surface area contributed by atoms with Gasteiger partial charge >= 0.3 is 0 Å². The van der Waals surface area contributed by atoms with Crippen LogP contribution < -0.4 is 5.32 Å². The van der Waals surface area contributed by atoms with E-state index in [1.165, 1.54) is 6.42 Å². The van der Waals surface area contributed by atoms with Crippen molar-refractivity contribution in [3.05, 3.63) is 0 Å². The third-order valence-electron chi connectivity index (χ3n) is 3.23. The molecule has 0 aromatic heterocycles. The number of rotatable bonds is 5. The summed E-state index contributed by atoms with van der Waals surface area (Å²) in [5.41, 5.74) is 0. The smallest absolute Gasteiger partial charge is 0.102 e. The molecule has 0 spiro atoms. The van der Waals surface area contributed by atoms with Crippen LogP contribution in [0.4, 0.5) is 4.39 Å². The average Bonchev–Trinajstić information content (AvgIpc) is 2.51. The standard InChI is InChI=1S/C11H23FN2/c1-9(2)14(7-5-12)8-11-10(3)4-6-13-11/h9-11,13H,4-8H2,1-3H3. The van der Waals surface area contributed by atoms with E-state index >= 15 is 0 Å². The first-order chi connectivity index (χ1) is 6.65. The van der Waals surface area contributed by atoms with Crippen molar-refractivity contribution in [1.82, 2.24) is 10.2 Å². The topological polar surface area (TPSA) is 15.3 Å². The van der Waals surface area contributed by atoms with Gasteiger partial charge in [0.1, 0.15) is 6.67 Å². The zero-order chi connectivity index (χ0) is 10.6. The maximum atomic E-state index is 12.3. The van der Waals surface area contributed by atoms with Gasteiger partial charge in [0.05, 0.1) is 0 Å². The second-order valence-electron chi connectivity index (χ2n) is 4.60. The SMILES string of the molecule is CC1CCNC1CN(CCF)C(C)C. The summed E-state index contributed by atoms with van der Waals surface area (Å²) in [4.78, 5) is 2.22. The number of nitrogens with one attached hydrogen (secondary N) is 1. The zero-order valence-electron chi connectivity index (χ0n) is 9.59. The lowest BCUT2D eigenvalue weighted by Gasteiger charge is -2.29. The lowest BCUT2D eigenvalue weighted by Crippen LogP contribution is -2.44. The fourth-order valence-electron chi connectivity index (χ4n) is 2.06. The molecule has 1 aliphatic heterocycles. The van der Waals surface area contributed by atoms with Crippen molar-refractivity contribution in [2.75, 3.05) is 26.3 Å². The second kappa shape index (κ2) is 5.66. The van der Waals surface area contributed by atoms with Gasteiger partial charge in [-0.1, -0.05) is 6.92 Å². The highest BCUT2D eigenvalue weighted by atomic mass is 19.1. The number of hydrogen-bond acceptors (Lipinski definition) is 2. The number of nitrogens with zero attached hydrogens (tertiary/aromatic N) is 1. The normalized spacial score (nSPS) is 27.9. The fraction of sp³-hybridized carbons (Fsp3) is 1.00. The Labute approximate surface area is 86.9 Å². The Morgan fingerprint density at radius 2 is 2.21 bits per heavy atom. The van der Waals surface area contributed by atoms with Gasteiger partial charge in [-0.2, -0.15) is 0 Å². The van der Waals surface area contributed by atoms with Crippen LogP contribution >= 0.6 is 0 Å². The molecule has 14 heavy (non-hydrogen) atoms. The predicted octanol–water partition coefficient (Wildman–Crippen LogP) is 1.66. The van der Waals surface area contributed by atoms with Crippen molar-refractivity contribution in [2.45, 2.75) is 39.3 Å². The van der Waals surface area contributed by atoms with E-state index in [1.807, 2.05) is 0 Å². The summed E-state index contributed by atoms with van der Waals surface area (Å²) in [5.74, 6) is 0.732. The number of halogens is 1. The van der Waals surface area contributed by atoms with Crippen molar-refractivity contribution in [2.24, 2.45) is 5.92 Å². The average molecular weight is 202 g/mol. The molecule has 0 saturated carbocycles. The van der Waals surface area contributed by atoms with Crippen LogP contribution in [0.5, 0.6) is 0 Å². The lowest BCUT2D eigenvalue weighted by molar-refractivity contribution is 0.177. The molecule has 0 amide bonds. The molecule has 1 fully saturated rings. The Kier molecular flexibility index (Phi) is 4.82. The minimum atomic E-state index is -0.237. The van der Waals surface area contributed by atoms with Crippen LogP contribution in [0.3, 0.4) is 0 Å². The largest absolute Gasteiger partial charge is 0.312 e. The van der Waals surface area contributed by atoms with Crippen LogP contribution in [0.2, 0.25) is 0 Å². The van der Waals surface area contributed by atoms with Crippen LogP contribution in [-0.4, -0.2) is 43.3 Å². The van der Waals surface area contributed by atoms with Crippen molar-refractivity contribution >= 4 is 0 Å². The van der Waals surface area contributed by atoms with Crippen molar-refractivity contribution in [3.8, 4) is 0 Å². The first-order valence-corrected chi connectivity index (χ1v) is 5.68. The molecule has 0 bridgehead atoms. The molecule has 0 radical (unpaired) electrons. The fourth-order valence-corrected chi connectivity index (χ4v) is 2.06. The van der Waals surface area contributed by atoms with Gasteiger partial charge in [-0.05, 0) is 32.7 Å². The molecule has 3 heteroatoms. The van der Waals surface area contributed by atoms with Crippen LogP contribution in [0, 0.1) is 5.92 Å². The van der Waals surface area contributed by atoms with Gasteiger partial charge in [0.2, 0.25) is 0 Å². The van der Waals surface area contributed by atoms with Gasteiger partial charge < -0.3 is 5.32 Å². The van der Waals surface area contributed by atoms with E-state index in [4.69, 9.17) is 0 Å². The molecule has 1 heterocycles. The van der Waals surface area contributed by atoms with Gasteiger partial charge in [0.25, 0.3) is 0 Å². The molecular formula is C11H23FN2. The maximum Gasteiger partial charge on any atom is 0.102 e. The minimum absolute atomic E-state index is 0.237. The second-order valence-corrected chi connectivity index (χ2v) is 4.60. The highest BCUT2D eigenvalue weighted by Gasteiger charge is 2.25. The Balaban J connectivity index is 2.37. The molecule has 2 unspecified atom stereocenters. The van der Waals surface area contributed by atoms with Gasteiger partial charge in [0.15, 0.2) is 0 Å². The summed E-state index contributed by atoms with van der Waals surface area (Å²) in [6, 6.07) is 1.00. The Morgan fingerprint density at radius 1 is 1.50 bits per heavy atom. The van der Waals surface area contributed by atoms with E-state index in [0.29, 0.717) is 18.6 Å². The Bertz CT molecular complexity index is 161. The van der Waals surface area contributed by atoms with E-state index in [-0.39, 0.29) is 6.67 Å². The molecule has 84 valence electrons. The third kappa shape index (κ3) is 3.21. The Hall–Kier alpha value is -0.150. The molecule has 2 nitrogen and oxygen atoms in total. The van der Waals surface area contributed by atoms with E-state index in [0.717, 1.165) is 19.0 Å². The highest BCUT2D eigenvalue weighted by molar-refractivity contribution is 4.84. The van der Waals surface area contributed by atoms with Crippen LogP contribution in [0.1, 0.15) is 27.2 Å². The molecule has 0 aliphatic carbocycles. The summed E-state index contributed by atoms with van der Waals surface area (Å²) >= 11 is 0. The number of hydrogen-bond donors (Lipinski definition) is 1. The minimum Gasteiger partial charge on any atom is -0.312 e. The maximum absolute atomic E-state index is 12.3. The van der Waals surface area contributed by atoms with Crippen LogP contribution in [0.25, 0.3) is 0 Å². The molecule has 1 N–H and O–H groups in total. The van der Waals surface area contributed by atoms with Crippen LogP contribution in [-0.2, 0) is 0 Å². The zero-order valence-corrected chi connectivity index (χ0v) is 9.59. The predicted molar refractivity (Wildman–Crippen MR) is 58.3 cm³/mol. The van der Waals surface area contributed by atoms with Gasteiger partial charge in [-0.15, -0.1) is 0 Å². The monoisotopic (exact) mass is 202 g/mol. The van der Waals surface area contributed by atoms with Gasteiger partial charge in [-0.3, -0.25) is 4.90 Å². The van der Waals surface area contributed by atoms with E-state index in [2.05, 4.69) is 31.0 Å². The summed E-state index contributed by atoms with van der Waals surface area (Å²) in [7, 11) is 0. The van der Waals surface area contributed by atoms with Crippen molar-refractivity contribution in [1.29, 1.82) is 0 Å². The first kappa shape index (κ1) is 11.9. The molecule has 1 rings (SSSR count). The van der Waals surface area contributed by atoms with E-state index in [9.17, 15) is 4.39 Å². The lowest BCUT2D eigenvalue weighted by atomic mass is 10.0. The molecule has 2 atom stereocenters. The van der Waals surface area contributed by atoms with E-state index in [1.54, 1.807) is 0 Å². The summed E-state index contributed by atoms with van der Waals surface area (Å²) in [5, 5.41) is 3.49. The first-order valence-electron chi connectivity index (χ1n) is 5.68. The molecule has 0 aromatic carbocycles. The molecule has 1 saturated heterocycles. The molecular weight excluding hydrogens is 179 g/mol. The summed E-state index contributed by atoms with van der Waals surface area (Å²) in [6.45, 7) is 8.99. The van der Waals surface area contributed by atoms with Gasteiger partial charge in [0, 0.05) is 25.2 Å². The third-order valence-corrected chi connectivity index (χ3v) is 3.23.